The van der Waals surface area contributed by atoms with Crippen molar-refractivity contribution in [2.24, 2.45) is 7.05 Å². The number of nitrogens with two attached hydrogens (primary N) is 1. The highest BCUT2D eigenvalue weighted by atomic mass is 32.1. The largest absolute Gasteiger partial charge is 0.434 e. The van der Waals surface area contributed by atoms with Crippen molar-refractivity contribution in [3.63, 3.8) is 0 Å². The standard InChI is InChI=1S/C6H6N6O2S/c1-11-3(2-8-6(11)12(13)14)4-9-10-5(7)15-4/h2H,1H3,(H2,7,10). The zero-order chi connectivity index (χ0) is 11.0. The van der Waals surface area contributed by atoms with Crippen LogP contribution in [0, 0.1) is 10.1 Å². The van der Waals surface area contributed by atoms with Gasteiger partial charge in [-0.15, -0.1) is 10.2 Å². The highest BCUT2D eigenvalue weighted by molar-refractivity contribution is 7.18. The van der Waals surface area contributed by atoms with Crippen LogP contribution < -0.4 is 5.73 Å². The van der Waals surface area contributed by atoms with Gasteiger partial charge in [-0.05, 0) is 4.92 Å². The number of anilines is 1. The fourth-order valence-electron chi connectivity index (χ4n) is 1.11. The third-order valence-electron chi connectivity index (χ3n) is 1.79. The molecule has 15 heavy (non-hydrogen) atoms. The summed E-state index contributed by atoms with van der Waals surface area (Å²) in [5.74, 6) is -0.237. The number of hydrogen-bond donors (Lipinski definition) is 1. The van der Waals surface area contributed by atoms with Gasteiger partial charge in [0.05, 0.1) is 7.05 Å². The van der Waals surface area contributed by atoms with Gasteiger partial charge in [0.2, 0.25) is 5.13 Å². The fourth-order valence-corrected chi connectivity index (χ4v) is 1.76. The van der Waals surface area contributed by atoms with E-state index < -0.39 is 4.92 Å². The van der Waals surface area contributed by atoms with Crippen molar-refractivity contribution in [1.82, 2.24) is 19.7 Å². The topological polar surface area (TPSA) is 113 Å². The monoisotopic (exact) mass is 226 g/mol. The van der Waals surface area contributed by atoms with Crippen LogP contribution in [-0.2, 0) is 7.05 Å². The number of nitro groups is 1. The van der Waals surface area contributed by atoms with Crippen molar-refractivity contribution in [1.29, 1.82) is 0 Å². The van der Waals surface area contributed by atoms with Crippen molar-refractivity contribution < 1.29 is 4.92 Å². The molecular weight excluding hydrogens is 220 g/mol. The molecule has 78 valence electrons. The number of nitrogen functional groups attached to an aromatic ring is 1. The third-order valence-corrected chi connectivity index (χ3v) is 2.56. The molecule has 2 N–H and O–H groups in total. The lowest BCUT2D eigenvalue weighted by Gasteiger charge is -1.95. The molecule has 2 aromatic rings. The van der Waals surface area contributed by atoms with Crippen LogP contribution >= 0.6 is 11.3 Å². The van der Waals surface area contributed by atoms with Gasteiger partial charge < -0.3 is 15.8 Å². The minimum Gasteiger partial charge on any atom is -0.390 e. The summed E-state index contributed by atoms with van der Waals surface area (Å²) in [6.07, 6.45) is 1.37. The Bertz CT molecular complexity index is 517. The molecule has 2 aromatic heterocycles. The van der Waals surface area contributed by atoms with Crippen molar-refractivity contribution >= 4 is 22.4 Å². The van der Waals surface area contributed by atoms with Crippen molar-refractivity contribution in [2.75, 3.05) is 5.73 Å². The average molecular weight is 226 g/mol. The Morgan fingerprint density at radius 3 is 2.80 bits per heavy atom. The van der Waals surface area contributed by atoms with E-state index in [0.717, 1.165) is 11.3 Å². The first-order chi connectivity index (χ1) is 7.09. The maximum Gasteiger partial charge on any atom is 0.434 e. The van der Waals surface area contributed by atoms with Gasteiger partial charge in [-0.2, -0.15) is 0 Å². The van der Waals surface area contributed by atoms with Crippen LogP contribution in [0.2, 0.25) is 0 Å². The molecule has 0 amide bonds. The second-order valence-corrected chi connectivity index (χ2v) is 3.71. The molecule has 0 aromatic carbocycles. The van der Waals surface area contributed by atoms with Crippen LogP contribution in [0.4, 0.5) is 11.1 Å². The molecule has 0 aliphatic heterocycles. The third kappa shape index (κ3) is 1.52. The van der Waals surface area contributed by atoms with Gasteiger partial charge in [0.15, 0.2) is 10.7 Å². The summed E-state index contributed by atoms with van der Waals surface area (Å²) in [5, 5.41) is 18.8. The Kier molecular flexibility index (Phi) is 2.08. The molecule has 0 radical (unpaired) electrons. The number of imidazole rings is 1. The van der Waals surface area contributed by atoms with Crippen LogP contribution in [0.25, 0.3) is 10.7 Å². The van der Waals surface area contributed by atoms with Crippen molar-refractivity contribution in [3.05, 3.63) is 16.3 Å². The van der Waals surface area contributed by atoms with E-state index in [9.17, 15) is 10.1 Å². The predicted molar refractivity (Wildman–Crippen MR) is 53.2 cm³/mol. The quantitative estimate of drug-likeness (QED) is 0.586. The average Bonchev–Trinajstić information content (AvgIpc) is 2.71. The molecule has 0 aliphatic carbocycles. The van der Waals surface area contributed by atoms with E-state index in [1.165, 1.54) is 17.8 Å². The lowest BCUT2D eigenvalue weighted by Crippen LogP contribution is -1.99. The number of nitrogens with zero attached hydrogens (tertiary/aromatic N) is 5. The summed E-state index contributed by atoms with van der Waals surface area (Å²) in [7, 11) is 1.54. The van der Waals surface area contributed by atoms with E-state index >= 15 is 0 Å². The van der Waals surface area contributed by atoms with E-state index in [2.05, 4.69) is 15.2 Å². The van der Waals surface area contributed by atoms with E-state index in [0.29, 0.717) is 15.8 Å². The Balaban J connectivity index is 2.50. The SMILES string of the molecule is Cn1c(-c2nnc(N)s2)cnc1[N+](=O)[O-]. The highest BCUT2D eigenvalue weighted by Crippen LogP contribution is 2.26. The Morgan fingerprint density at radius 2 is 2.33 bits per heavy atom. The molecule has 0 fully saturated rings. The molecule has 8 nitrogen and oxygen atoms in total. The zero-order valence-corrected chi connectivity index (χ0v) is 8.43. The summed E-state index contributed by atoms with van der Waals surface area (Å²) < 4.78 is 1.33. The predicted octanol–water partition coefficient (Wildman–Crippen LogP) is 0.429. The maximum absolute atomic E-state index is 10.5. The molecular formula is C6H6N6O2S. The van der Waals surface area contributed by atoms with Crippen molar-refractivity contribution in [3.8, 4) is 10.7 Å². The summed E-state index contributed by atoms with van der Waals surface area (Å²) in [5.41, 5.74) is 5.94. The highest BCUT2D eigenvalue weighted by Gasteiger charge is 2.20. The summed E-state index contributed by atoms with van der Waals surface area (Å²) >= 11 is 1.15. The van der Waals surface area contributed by atoms with Crippen LogP contribution in [-0.4, -0.2) is 24.7 Å². The van der Waals surface area contributed by atoms with E-state index in [1.807, 2.05) is 0 Å². The first-order valence-corrected chi connectivity index (χ1v) is 4.66. The molecule has 9 heteroatoms. The van der Waals surface area contributed by atoms with Gasteiger partial charge in [-0.25, -0.2) is 4.57 Å². The van der Waals surface area contributed by atoms with Gasteiger partial charge in [0, 0.05) is 0 Å². The summed E-state index contributed by atoms with van der Waals surface area (Å²) in [6.45, 7) is 0. The number of hydrogen-bond acceptors (Lipinski definition) is 7. The fraction of sp³-hybridized carbons (Fsp3) is 0.167. The summed E-state index contributed by atoms with van der Waals surface area (Å²) in [6, 6.07) is 0. The lowest BCUT2D eigenvalue weighted by molar-refractivity contribution is -0.396. The van der Waals surface area contributed by atoms with Gasteiger partial charge in [-0.3, -0.25) is 0 Å². The van der Waals surface area contributed by atoms with Gasteiger partial charge in [0.25, 0.3) is 0 Å². The molecule has 0 bridgehead atoms. The maximum atomic E-state index is 10.5. The Morgan fingerprint density at radius 1 is 1.60 bits per heavy atom. The zero-order valence-electron chi connectivity index (χ0n) is 7.62. The molecule has 0 atom stereocenters. The first-order valence-electron chi connectivity index (χ1n) is 3.85. The smallest absolute Gasteiger partial charge is 0.390 e. The van der Waals surface area contributed by atoms with Crippen LogP contribution in [0.1, 0.15) is 0 Å². The van der Waals surface area contributed by atoms with Crippen LogP contribution in [0.15, 0.2) is 6.20 Å². The number of rotatable bonds is 2. The van der Waals surface area contributed by atoms with Crippen LogP contribution in [0.5, 0.6) is 0 Å². The van der Waals surface area contributed by atoms with Gasteiger partial charge in [0.1, 0.15) is 6.20 Å². The van der Waals surface area contributed by atoms with Gasteiger partial charge >= 0.3 is 5.95 Å². The Hall–Kier alpha value is -2.03. The molecule has 0 saturated carbocycles. The summed E-state index contributed by atoms with van der Waals surface area (Å²) in [4.78, 5) is 13.6. The van der Waals surface area contributed by atoms with Crippen molar-refractivity contribution in [2.45, 2.75) is 0 Å². The molecule has 0 unspecified atom stereocenters. The second kappa shape index (κ2) is 3.28. The first kappa shape index (κ1) is 9.52. The molecule has 0 aliphatic rings. The minimum atomic E-state index is -0.562. The Labute approximate surface area is 87.5 Å². The van der Waals surface area contributed by atoms with E-state index in [1.54, 1.807) is 0 Å². The molecule has 0 saturated heterocycles. The van der Waals surface area contributed by atoms with E-state index in [-0.39, 0.29) is 5.95 Å². The lowest BCUT2D eigenvalue weighted by atomic mass is 10.5. The van der Waals surface area contributed by atoms with Gasteiger partial charge in [-0.1, -0.05) is 16.3 Å². The molecule has 2 heterocycles. The minimum absolute atomic E-state index is 0.237. The second-order valence-electron chi connectivity index (χ2n) is 2.71. The molecule has 2 rings (SSSR count). The normalized spacial score (nSPS) is 10.5. The van der Waals surface area contributed by atoms with E-state index in [4.69, 9.17) is 5.73 Å². The van der Waals surface area contributed by atoms with Crippen LogP contribution in [0.3, 0.4) is 0 Å². The molecule has 0 spiro atoms. The number of aromatic nitrogens is 4.